The number of hydrogen-bond acceptors (Lipinski definition) is 3. The molecule has 1 fully saturated rings. The van der Waals surface area contributed by atoms with Gasteiger partial charge in [-0.2, -0.15) is 10.2 Å². The van der Waals surface area contributed by atoms with Crippen molar-refractivity contribution in [2.75, 3.05) is 0 Å². The molecule has 0 radical (unpaired) electrons. The minimum atomic E-state index is 0.536. The molecule has 2 aromatic heterocycles. The predicted octanol–water partition coefficient (Wildman–Crippen LogP) is 3.30. The Bertz CT molecular complexity index is 724. The zero-order valence-electron chi connectivity index (χ0n) is 10.4. The fourth-order valence-corrected chi connectivity index (χ4v) is 2.70. The van der Waals surface area contributed by atoms with Gasteiger partial charge in [-0.15, -0.1) is 0 Å². The Balaban J connectivity index is 1.66. The van der Waals surface area contributed by atoms with Crippen LogP contribution in [0.25, 0.3) is 10.9 Å². The van der Waals surface area contributed by atoms with Gasteiger partial charge in [-0.05, 0) is 36.1 Å². The Morgan fingerprint density at radius 3 is 2.74 bits per heavy atom. The zero-order chi connectivity index (χ0) is 12.7. The van der Waals surface area contributed by atoms with Crippen molar-refractivity contribution in [3.63, 3.8) is 0 Å². The van der Waals surface area contributed by atoms with Crippen molar-refractivity contribution in [2.45, 2.75) is 18.3 Å². The number of nitrogens with zero attached hydrogens (tertiary/aromatic N) is 3. The number of aromatic nitrogens is 3. The van der Waals surface area contributed by atoms with Crippen molar-refractivity contribution in [1.29, 1.82) is 0 Å². The lowest BCUT2D eigenvalue weighted by atomic mass is 10.1. The Morgan fingerprint density at radius 1 is 0.895 bits per heavy atom. The summed E-state index contributed by atoms with van der Waals surface area (Å²) in [7, 11) is 0. The van der Waals surface area contributed by atoms with Crippen LogP contribution in [0.3, 0.4) is 0 Å². The Hall–Kier alpha value is -2.29. The van der Waals surface area contributed by atoms with E-state index in [0.717, 1.165) is 11.9 Å². The molecule has 0 aliphatic heterocycles. The molecule has 0 saturated heterocycles. The molecule has 4 rings (SSSR count). The second kappa shape index (κ2) is 4.12. The molecule has 2 atom stereocenters. The van der Waals surface area contributed by atoms with Crippen molar-refractivity contribution < 1.29 is 0 Å². The summed E-state index contributed by atoms with van der Waals surface area (Å²) in [5, 5.41) is 8.99. The number of pyridine rings is 1. The van der Waals surface area contributed by atoms with Crippen molar-refractivity contribution in [3.05, 3.63) is 66.1 Å². The molecule has 1 aliphatic carbocycles. The van der Waals surface area contributed by atoms with Crippen LogP contribution in [-0.4, -0.2) is 15.2 Å². The highest BCUT2D eigenvalue weighted by Gasteiger charge is 2.40. The van der Waals surface area contributed by atoms with E-state index in [0.29, 0.717) is 11.8 Å². The van der Waals surface area contributed by atoms with Gasteiger partial charge in [0.15, 0.2) is 0 Å². The monoisotopic (exact) mass is 247 g/mol. The van der Waals surface area contributed by atoms with Crippen LogP contribution >= 0.6 is 0 Å². The fraction of sp³-hybridized carbons (Fsp3) is 0.188. The predicted molar refractivity (Wildman–Crippen MR) is 73.9 cm³/mol. The van der Waals surface area contributed by atoms with Gasteiger partial charge in [0.05, 0.1) is 11.7 Å². The van der Waals surface area contributed by atoms with Crippen LogP contribution in [0.1, 0.15) is 29.5 Å². The number of fused-ring (bicyclic) bond motifs is 1. The van der Waals surface area contributed by atoms with Gasteiger partial charge in [0.25, 0.3) is 0 Å². The Labute approximate surface area is 111 Å². The average Bonchev–Trinajstić information content (AvgIpc) is 3.28. The molecule has 1 saturated carbocycles. The van der Waals surface area contributed by atoms with Gasteiger partial charge in [0.1, 0.15) is 0 Å². The molecular formula is C16H13N3. The molecule has 2 unspecified atom stereocenters. The summed E-state index contributed by atoms with van der Waals surface area (Å²) in [4.78, 5) is 4.78. The van der Waals surface area contributed by atoms with E-state index in [1.54, 1.807) is 6.20 Å². The Morgan fingerprint density at radius 2 is 1.84 bits per heavy atom. The molecule has 2 heterocycles. The highest BCUT2D eigenvalue weighted by molar-refractivity contribution is 5.78. The third-order valence-electron chi connectivity index (χ3n) is 3.83. The molecule has 3 nitrogen and oxygen atoms in total. The van der Waals surface area contributed by atoms with E-state index in [1.165, 1.54) is 16.6 Å². The van der Waals surface area contributed by atoms with Crippen LogP contribution < -0.4 is 0 Å². The maximum absolute atomic E-state index is 4.78. The summed E-state index contributed by atoms with van der Waals surface area (Å²) in [6, 6.07) is 14.6. The summed E-state index contributed by atoms with van der Waals surface area (Å²) in [6.45, 7) is 0. The summed E-state index contributed by atoms with van der Waals surface area (Å²) in [6.07, 6.45) is 4.79. The first-order chi connectivity index (χ1) is 9.42. The number of hydrogen-bond donors (Lipinski definition) is 0. The van der Waals surface area contributed by atoms with Crippen LogP contribution in [0.5, 0.6) is 0 Å². The second-order valence-corrected chi connectivity index (χ2v) is 5.05. The quantitative estimate of drug-likeness (QED) is 0.697. The molecule has 0 bridgehead atoms. The molecular weight excluding hydrogens is 234 g/mol. The molecule has 3 aromatic rings. The smallest absolute Gasteiger partial charge is 0.0705 e. The van der Waals surface area contributed by atoms with Crippen molar-refractivity contribution >= 4 is 10.9 Å². The summed E-state index contributed by atoms with van der Waals surface area (Å²) >= 11 is 0. The number of rotatable bonds is 2. The van der Waals surface area contributed by atoms with Crippen molar-refractivity contribution in [3.8, 4) is 0 Å². The third kappa shape index (κ3) is 1.87. The molecule has 0 spiro atoms. The van der Waals surface area contributed by atoms with Crippen LogP contribution in [0.4, 0.5) is 0 Å². The third-order valence-corrected chi connectivity index (χ3v) is 3.83. The normalized spacial score (nSPS) is 21.5. The van der Waals surface area contributed by atoms with E-state index in [4.69, 9.17) is 4.98 Å². The van der Waals surface area contributed by atoms with E-state index in [1.807, 2.05) is 18.3 Å². The molecule has 0 N–H and O–H groups in total. The van der Waals surface area contributed by atoms with Crippen LogP contribution in [0, 0.1) is 0 Å². The van der Waals surface area contributed by atoms with Gasteiger partial charge in [0.2, 0.25) is 0 Å². The molecule has 92 valence electrons. The number of benzene rings is 1. The highest BCUT2D eigenvalue weighted by atomic mass is 15.1. The molecule has 1 aliphatic rings. The van der Waals surface area contributed by atoms with Crippen LogP contribution in [0.2, 0.25) is 0 Å². The lowest BCUT2D eigenvalue weighted by molar-refractivity contribution is 0.938. The minimum Gasteiger partial charge on any atom is -0.253 e. The van der Waals surface area contributed by atoms with Crippen molar-refractivity contribution in [1.82, 2.24) is 15.2 Å². The standard InChI is InChI=1S/C16H13N3/c1-2-4-15-11(3-1)5-6-16(19-15)14-9-13(14)12-7-8-17-18-10-12/h1-8,10,13-14H,9H2. The van der Waals surface area contributed by atoms with Crippen LogP contribution in [-0.2, 0) is 0 Å². The summed E-state index contributed by atoms with van der Waals surface area (Å²) in [5.41, 5.74) is 3.55. The van der Waals surface area contributed by atoms with Gasteiger partial charge in [-0.1, -0.05) is 24.3 Å². The first kappa shape index (κ1) is 10.6. The van der Waals surface area contributed by atoms with Crippen molar-refractivity contribution in [2.24, 2.45) is 0 Å². The topological polar surface area (TPSA) is 38.7 Å². The SMILES string of the molecule is c1ccc2nc(C3CC3c3ccnnc3)ccc2c1. The first-order valence-electron chi connectivity index (χ1n) is 6.54. The molecule has 0 amide bonds. The number of para-hydroxylation sites is 1. The zero-order valence-corrected chi connectivity index (χ0v) is 10.4. The maximum atomic E-state index is 4.78. The lowest BCUT2D eigenvalue weighted by Crippen LogP contribution is -1.90. The van der Waals surface area contributed by atoms with E-state index in [2.05, 4.69) is 40.5 Å². The fourth-order valence-electron chi connectivity index (χ4n) is 2.70. The largest absolute Gasteiger partial charge is 0.253 e. The lowest BCUT2D eigenvalue weighted by Gasteiger charge is -2.02. The molecule has 1 aromatic carbocycles. The van der Waals surface area contributed by atoms with Gasteiger partial charge >= 0.3 is 0 Å². The van der Waals surface area contributed by atoms with E-state index >= 15 is 0 Å². The second-order valence-electron chi connectivity index (χ2n) is 5.05. The maximum Gasteiger partial charge on any atom is 0.0705 e. The van der Waals surface area contributed by atoms with Crippen LogP contribution in [0.15, 0.2) is 54.9 Å². The highest BCUT2D eigenvalue weighted by Crippen LogP contribution is 2.53. The van der Waals surface area contributed by atoms with E-state index in [-0.39, 0.29) is 0 Å². The van der Waals surface area contributed by atoms with E-state index in [9.17, 15) is 0 Å². The van der Waals surface area contributed by atoms with E-state index < -0.39 is 0 Å². The summed E-state index contributed by atoms with van der Waals surface area (Å²) in [5.74, 6) is 1.10. The average molecular weight is 247 g/mol. The molecule has 19 heavy (non-hydrogen) atoms. The Kier molecular flexibility index (Phi) is 2.30. The minimum absolute atomic E-state index is 0.536. The molecule has 3 heteroatoms. The van der Waals surface area contributed by atoms with Gasteiger partial charge < -0.3 is 0 Å². The first-order valence-corrected chi connectivity index (χ1v) is 6.54. The van der Waals surface area contributed by atoms with Gasteiger partial charge in [0, 0.05) is 23.2 Å². The van der Waals surface area contributed by atoms with Gasteiger partial charge in [-0.3, -0.25) is 4.98 Å². The van der Waals surface area contributed by atoms with Gasteiger partial charge in [-0.25, -0.2) is 0 Å². The summed E-state index contributed by atoms with van der Waals surface area (Å²) < 4.78 is 0.